The molecule has 0 aromatic heterocycles. The molecule has 0 bridgehead atoms. The molecule has 0 aliphatic carbocycles. The van der Waals surface area contributed by atoms with Crippen molar-refractivity contribution in [3.05, 3.63) is 38.4 Å². The second-order valence-corrected chi connectivity index (χ2v) is 12.0. The van der Waals surface area contributed by atoms with Gasteiger partial charge >= 0.3 is 5.97 Å². The summed E-state index contributed by atoms with van der Waals surface area (Å²) in [6, 6.07) is 3.43. The number of rotatable bonds is 38. The summed E-state index contributed by atoms with van der Waals surface area (Å²) < 4.78 is 37.9. The molecule has 1 aromatic rings. The highest BCUT2D eigenvalue weighted by atomic mass is 16.6. The van der Waals surface area contributed by atoms with Crippen molar-refractivity contribution in [1.29, 1.82) is 0 Å². The number of unbranched alkanes of at least 4 members (excludes halogenated alkanes) is 12. The van der Waals surface area contributed by atoms with E-state index in [2.05, 4.69) is 12.2 Å². The van der Waals surface area contributed by atoms with Gasteiger partial charge in [0.1, 0.15) is 12.3 Å². The fourth-order valence-electron chi connectivity index (χ4n) is 4.97. The lowest BCUT2D eigenvalue weighted by Gasteiger charge is -2.09. The van der Waals surface area contributed by atoms with Crippen LogP contribution < -0.4 is 5.32 Å². The van der Waals surface area contributed by atoms with Crippen molar-refractivity contribution in [2.45, 2.75) is 96.8 Å². The van der Waals surface area contributed by atoms with Crippen molar-refractivity contribution in [2.24, 2.45) is 0 Å². The first-order valence-corrected chi connectivity index (χ1v) is 18.7. The molecule has 51 heavy (non-hydrogen) atoms. The molecule has 0 unspecified atom stereocenters. The maximum absolute atomic E-state index is 11.9. The Hall–Kier alpha value is -2.95. The maximum Gasteiger partial charge on any atom is 0.305 e. The van der Waals surface area contributed by atoms with Crippen LogP contribution in [0.25, 0.3) is 0 Å². The van der Waals surface area contributed by atoms with Gasteiger partial charge in [-0.25, -0.2) is 0 Å². The van der Waals surface area contributed by atoms with Crippen molar-refractivity contribution in [3.63, 3.8) is 0 Å². The number of nitrogens with zero attached hydrogens (tertiary/aromatic N) is 2. The molecule has 0 saturated heterocycles. The topological polar surface area (TPSA) is 180 Å². The average Bonchev–Trinajstić information content (AvgIpc) is 3.12. The van der Waals surface area contributed by atoms with Crippen LogP contribution in [-0.4, -0.2) is 108 Å². The Morgan fingerprint density at radius 1 is 0.569 bits per heavy atom. The summed E-state index contributed by atoms with van der Waals surface area (Å²) in [5.74, 6) is -0.152. The molecular formula is C36H63N3O12. The van der Waals surface area contributed by atoms with Gasteiger partial charge in [0, 0.05) is 19.0 Å². The number of nitrogens with one attached hydrogen (secondary N) is 1. The molecule has 15 nitrogen and oxygen atoms in total. The van der Waals surface area contributed by atoms with Gasteiger partial charge in [0.15, 0.2) is 0 Å². The predicted molar refractivity (Wildman–Crippen MR) is 194 cm³/mol. The Kier molecular flexibility index (Phi) is 30.9. The number of benzene rings is 1. The van der Waals surface area contributed by atoms with E-state index >= 15 is 0 Å². The summed E-state index contributed by atoms with van der Waals surface area (Å²) in [7, 11) is 0. The minimum Gasteiger partial charge on any atom is -0.463 e. The van der Waals surface area contributed by atoms with Gasteiger partial charge in [-0.2, -0.15) is 0 Å². The van der Waals surface area contributed by atoms with E-state index in [1.807, 2.05) is 0 Å². The Labute approximate surface area is 303 Å². The first kappa shape index (κ1) is 46.1. The van der Waals surface area contributed by atoms with Gasteiger partial charge in [-0.15, -0.1) is 0 Å². The van der Waals surface area contributed by atoms with Crippen molar-refractivity contribution in [2.75, 3.05) is 97.8 Å². The molecule has 15 heteroatoms. The average molecular weight is 730 g/mol. The lowest BCUT2D eigenvalue weighted by atomic mass is 10.0. The van der Waals surface area contributed by atoms with Gasteiger partial charge in [0.05, 0.1) is 95.2 Å². The molecule has 0 aliphatic rings. The van der Waals surface area contributed by atoms with Crippen LogP contribution in [0.5, 0.6) is 0 Å². The summed E-state index contributed by atoms with van der Waals surface area (Å²) in [5, 5.41) is 24.8. The van der Waals surface area contributed by atoms with Crippen LogP contribution in [0.2, 0.25) is 0 Å². The highest BCUT2D eigenvalue weighted by molar-refractivity contribution is 5.69. The zero-order chi connectivity index (χ0) is 37.0. The summed E-state index contributed by atoms with van der Waals surface area (Å²) >= 11 is 0. The number of anilines is 1. The third-order valence-corrected chi connectivity index (χ3v) is 7.79. The Bertz CT molecular complexity index is 1020. The number of hydrogen-bond acceptors (Lipinski definition) is 13. The predicted octanol–water partition coefficient (Wildman–Crippen LogP) is 7.04. The lowest BCUT2D eigenvalue weighted by molar-refractivity contribution is -0.393. The molecule has 0 amide bonds. The van der Waals surface area contributed by atoms with Crippen molar-refractivity contribution < 1.29 is 47.8 Å². The molecule has 0 saturated carbocycles. The van der Waals surface area contributed by atoms with Crippen LogP contribution in [0.4, 0.5) is 17.1 Å². The van der Waals surface area contributed by atoms with Crippen LogP contribution in [0.1, 0.15) is 96.8 Å². The third kappa shape index (κ3) is 28.3. The largest absolute Gasteiger partial charge is 0.463 e. The zero-order valence-electron chi connectivity index (χ0n) is 30.8. The summed E-state index contributed by atoms with van der Waals surface area (Å²) in [4.78, 5) is 32.5. The lowest BCUT2D eigenvalue weighted by Crippen LogP contribution is -2.16. The molecule has 0 radical (unpaired) electrons. The molecule has 0 heterocycles. The summed E-state index contributed by atoms with van der Waals surface area (Å²) in [6.07, 6.45) is 17.1. The number of non-ortho nitro benzene ring substituents is 1. The first-order valence-electron chi connectivity index (χ1n) is 18.7. The Balaban J connectivity index is 1.75. The van der Waals surface area contributed by atoms with E-state index < -0.39 is 9.85 Å². The highest BCUT2D eigenvalue weighted by Crippen LogP contribution is 2.28. The van der Waals surface area contributed by atoms with Crippen molar-refractivity contribution in [3.8, 4) is 0 Å². The van der Waals surface area contributed by atoms with E-state index in [0.29, 0.717) is 85.6 Å². The number of nitro groups is 2. The van der Waals surface area contributed by atoms with E-state index in [1.165, 1.54) is 82.8 Å². The van der Waals surface area contributed by atoms with E-state index in [1.54, 1.807) is 0 Å². The fourth-order valence-corrected chi connectivity index (χ4v) is 4.97. The smallest absolute Gasteiger partial charge is 0.305 e. The van der Waals surface area contributed by atoms with Crippen LogP contribution in [0, 0.1) is 20.2 Å². The van der Waals surface area contributed by atoms with Crippen LogP contribution in [-0.2, 0) is 38.0 Å². The highest BCUT2D eigenvalue weighted by Gasteiger charge is 2.19. The summed E-state index contributed by atoms with van der Waals surface area (Å²) in [6.45, 7) is 7.59. The fraction of sp³-hybridized carbons (Fsp3) is 0.806. The second-order valence-electron chi connectivity index (χ2n) is 12.0. The number of carbonyl (C=O) groups excluding carboxylic acids is 1. The minimum absolute atomic E-state index is 0.152. The Morgan fingerprint density at radius 3 is 1.41 bits per heavy atom. The first-order chi connectivity index (χ1) is 25.0. The molecular weight excluding hydrogens is 666 g/mol. The SMILES string of the molecule is CCCCCCCCCCCCCCCC(=O)OCCOCCOCCOCCOCCOCCOCCNc1ccc([N+](=O)[O-])cc1[N+](=O)[O-]. The van der Waals surface area contributed by atoms with Crippen LogP contribution in [0.3, 0.4) is 0 Å². The molecule has 0 fully saturated rings. The molecule has 0 aliphatic heterocycles. The summed E-state index contributed by atoms with van der Waals surface area (Å²) in [5.41, 5.74) is -0.523. The van der Waals surface area contributed by atoms with E-state index in [0.717, 1.165) is 18.9 Å². The molecule has 1 rings (SSSR count). The van der Waals surface area contributed by atoms with E-state index in [9.17, 15) is 25.0 Å². The number of hydrogen-bond donors (Lipinski definition) is 1. The van der Waals surface area contributed by atoms with Gasteiger partial charge in [-0.05, 0) is 12.5 Å². The molecule has 0 atom stereocenters. The second kappa shape index (κ2) is 34.2. The number of ether oxygens (including phenoxy) is 7. The standard InChI is InChI=1S/C36H63N3O12/c1-2-3-4-5-6-7-8-9-10-11-12-13-14-15-36(40)51-31-30-50-29-28-49-27-26-48-25-24-47-23-22-46-21-20-45-19-18-37-34-17-16-33(38(41)42)32-35(34)39(43)44/h16-17,32,37H,2-15,18-31H2,1H3. The number of nitro benzene ring substituents is 2. The van der Waals surface area contributed by atoms with Crippen molar-refractivity contribution >= 4 is 23.0 Å². The van der Waals surface area contributed by atoms with E-state index in [4.69, 9.17) is 33.2 Å². The van der Waals surface area contributed by atoms with Gasteiger partial charge in [0.2, 0.25) is 0 Å². The maximum atomic E-state index is 11.9. The molecule has 1 N–H and O–H groups in total. The molecule has 294 valence electrons. The Morgan fingerprint density at radius 2 is 0.980 bits per heavy atom. The zero-order valence-corrected chi connectivity index (χ0v) is 30.8. The quantitative estimate of drug-likeness (QED) is 0.0317. The third-order valence-electron chi connectivity index (χ3n) is 7.79. The van der Waals surface area contributed by atoms with Gasteiger partial charge in [0.25, 0.3) is 11.4 Å². The van der Waals surface area contributed by atoms with Crippen molar-refractivity contribution in [1.82, 2.24) is 0 Å². The molecule has 0 spiro atoms. The molecule has 1 aromatic carbocycles. The van der Waals surface area contributed by atoms with Gasteiger partial charge in [-0.1, -0.05) is 84.0 Å². The monoisotopic (exact) mass is 729 g/mol. The van der Waals surface area contributed by atoms with Gasteiger partial charge < -0.3 is 38.5 Å². The normalized spacial score (nSPS) is 11.2. The van der Waals surface area contributed by atoms with Crippen LogP contribution >= 0.6 is 0 Å². The van der Waals surface area contributed by atoms with Gasteiger partial charge in [-0.3, -0.25) is 25.0 Å². The number of carbonyl (C=O) groups is 1. The van der Waals surface area contributed by atoms with E-state index in [-0.39, 0.29) is 36.2 Å². The van der Waals surface area contributed by atoms with Crippen LogP contribution in [0.15, 0.2) is 18.2 Å². The number of esters is 1. The minimum atomic E-state index is -0.680.